The highest BCUT2D eigenvalue weighted by atomic mass is 15.1. The molecule has 116 valence electrons. The Morgan fingerprint density at radius 1 is 1.05 bits per heavy atom. The van der Waals surface area contributed by atoms with Gasteiger partial charge in [0.05, 0.1) is 0 Å². The molecule has 1 aliphatic carbocycles. The van der Waals surface area contributed by atoms with Gasteiger partial charge in [-0.1, -0.05) is 38.8 Å². The third-order valence-corrected chi connectivity index (χ3v) is 5.80. The minimum absolute atomic E-state index is 0.616. The van der Waals surface area contributed by atoms with Crippen LogP contribution in [0, 0.1) is 5.41 Å². The monoisotopic (exact) mass is 286 g/mol. The predicted molar refractivity (Wildman–Crippen MR) is 90.8 cm³/mol. The lowest BCUT2D eigenvalue weighted by molar-refractivity contribution is 0.199. The molecule has 3 rings (SSSR count). The van der Waals surface area contributed by atoms with E-state index in [9.17, 15) is 0 Å². The normalized spacial score (nSPS) is 21.5. The molecule has 0 atom stereocenters. The van der Waals surface area contributed by atoms with Gasteiger partial charge in [0.25, 0.3) is 0 Å². The van der Waals surface area contributed by atoms with Crippen molar-refractivity contribution < 1.29 is 0 Å². The summed E-state index contributed by atoms with van der Waals surface area (Å²) in [5.41, 5.74) is 3.44. The second-order valence-corrected chi connectivity index (χ2v) is 7.02. The van der Waals surface area contributed by atoms with Gasteiger partial charge in [-0.05, 0) is 48.8 Å². The fraction of sp³-hybridized carbons (Fsp3) is 0.684. The van der Waals surface area contributed by atoms with Gasteiger partial charge < -0.3 is 10.2 Å². The van der Waals surface area contributed by atoms with Crippen molar-refractivity contribution in [2.75, 3.05) is 18.0 Å². The molecule has 1 aromatic rings. The molecular formula is C19H30N2. The molecule has 1 saturated carbocycles. The number of piperidine rings is 1. The summed E-state index contributed by atoms with van der Waals surface area (Å²) in [7, 11) is 0. The highest BCUT2D eigenvalue weighted by Gasteiger charge is 2.31. The molecule has 0 aromatic heterocycles. The maximum Gasteiger partial charge on any atom is 0.0366 e. The number of hydrogen-bond acceptors (Lipinski definition) is 2. The van der Waals surface area contributed by atoms with E-state index >= 15 is 0 Å². The molecule has 1 aliphatic heterocycles. The molecule has 21 heavy (non-hydrogen) atoms. The molecule has 2 nitrogen and oxygen atoms in total. The summed E-state index contributed by atoms with van der Waals surface area (Å²) < 4.78 is 0. The Hall–Kier alpha value is -1.02. The standard InChI is InChI=1S/C19H30N2/c1-3-19(4-2)11-13-21(14-12-19)18-9-5-16(6-10-18)15-20-17-7-8-17/h5-6,9-10,17,20H,3-4,7-8,11-15H2,1-2H3. The zero-order chi connectivity index (χ0) is 14.7. The molecule has 1 saturated heterocycles. The van der Waals surface area contributed by atoms with Gasteiger partial charge in [-0.15, -0.1) is 0 Å². The number of nitrogens with one attached hydrogen (secondary N) is 1. The average molecular weight is 286 g/mol. The largest absolute Gasteiger partial charge is 0.371 e. The van der Waals surface area contributed by atoms with E-state index in [4.69, 9.17) is 0 Å². The lowest BCUT2D eigenvalue weighted by atomic mass is 9.74. The zero-order valence-corrected chi connectivity index (χ0v) is 13.7. The van der Waals surface area contributed by atoms with E-state index in [2.05, 4.69) is 48.3 Å². The molecule has 0 amide bonds. The van der Waals surface area contributed by atoms with E-state index in [1.54, 1.807) is 0 Å². The van der Waals surface area contributed by atoms with Crippen LogP contribution in [0.5, 0.6) is 0 Å². The third-order valence-electron chi connectivity index (χ3n) is 5.80. The van der Waals surface area contributed by atoms with Gasteiger partial charge in [-0.3, -0.25) is 0 Å². The Balaban J connectivity index is 1.54. The smallest absolute Gasteiger partial charge is 0.0366 e. The SMILES string of the molecule is CCC1(CC)CCN(c2ccc(CNC3CC3)cc2)CC1. The van der Waals surface area contributed by atoms with Crippen LogP contribution in [-0.2, 0) is 6.54 Å². The zero-order valence-electron chi connectivity index (χ0n) is 13.7. The minimum atomic E-state index is 0.616. The van der Waals surface area contributed by atoms with Crippen LogP contribution in [0.2, 0.25) is 0 Å². The molecule has 0 spiro atoms. The Bertz CT molecular complexity index is 433. The van der Waals surface area contributed by atoms with Crippen molar-refractivity contribution in [1.82, 2.24) is 5.32 Å². The molecule has 0 radical (unpaired) electrons. The predicted octanol–water partition coefficient (Wildman–Crippen LogP) is 4.35. The first-order valence-corrected chi connectivity index (χ1v) is 8.82. The first kappa shape index (κ1) is 14.9. The highest BCUT2D eigenvalue weighted by Crippen LogP contribution is 2.39. The van der Waals surface area contributed by atoms with Gasteiger partial charge in [0, 0.05) is 31.4 Å². The van der Waals surface area contributed by atoms with Crippen LogP contribution >= 0.6 is 0 Å². The van der Waals surface area contributed by atoms with Crippen molar-refractivity contribution in [2.24, 2.45) is 5.41 Å². The van der Waals surface area contributed by atoms with E-state index in [1.807, 2.05) is 0 Å². The summed E-state index contributed by atoms with van der Waals surface area (Å²) in [4.78, 5) is 2.57. The third kappa shape index (κ3) is 3.60. The Morgan fingerprint density at radius 3 is 2.19 bits per heavy atom. The summed E-state index contributed by atoms with van der Waals surface area (Å²) in [6, 6.07) is 10.0. The van der Waals surface area contributed by atoms with Crippen LogP contribution < -0.4 is 10.2 Å². The molecule has 0 unspecified atom stereocenters. The number of anilines is 1. The summed E-state index contributed by atoms with van der Waals surface area (Å²) >= 11 is 0. The summed E-state index contributed by atoms with van der Waals surface area (Å²) in [5, 5.41) is 3.58. The van der Waals surface area contributed by atoms with Gasteiger partial charge >= 0.3 is 0 Å². The van der Waals surface area contributed by atoms with Crippen LogP contribution in [0.3, 0.4) is 0 Å². The minimum Gasteiger partial charge on any atom is -0.371 e. The fourth-order valence-corrected chi connectivity index (χ4v) is 3.57. The maximum absolute atomic E-state index is 3.58. The second kappa shape index (κ2) is 6.39. The molecule has 1 aromatic carbocycles. The number of rotatable bonds is 6. The van der Waals surface area contributed by atoms with Gasteiger partial charge in [0.15, 0.2) is 0 Å². The average Bonchev–Trinajstić information content (AvgIpc) is 3.38. The van der Waals surface area contributed by atoms with Gasteiger partial charge in [-0.25, -0.2) is 0 Å². The number of hydrogen-bond donors (Lipinski definition) is 1. The van der Waals surface area contributed by atoms with Crippen LogP contribution in [0.25, 0.3) is 0 Å². The molecular weight excluding hydrogens is 256 g/mol. The van der Waals surface area contributed by atoms with Crippen molar-refractivity contribution >= 4 is 5.69 Å². The van der Waals surface area contributed by atoms with Crippen LogP contribution in [0.15, 0.2) is 24.3 Å². The molecule has 1 N–H and O–H groups in total. The topological polar surface area (TPSA) is 15.3 Å². The molecule has 2 heteroatoms. The first-order chi connectivity index (χ1) is 10.2. The highest BCUT2D eigenvalue weighted by molar-refractivity contribution is 5.48. The fourth-order valence-electron chi connectivity index (χ4n) is 3.57. The molecule has 1 heterocycles. The Labute approximate surface area is 129 Å². The summed E-state index contributed by atoms with van der Waals surface area (Å²) in [5.74, 6) is 0. The second-order valence-electron chi connectivity index (χ2n) is 7.02. The van der Waals surface area contributed by atoms with Crippen LogP contribution in [-0.4, -0.2) is 19.1 Å². The Kier molecular flexibility index (Phi) is 4.54. The quantitative estimate of drug-likeness (QED) is 0.836. The molecule has 2 fully saturated rings. The van der Waals surface area contributed by atoms with E-state index in [1.165, 1.54) is 62.9 Å². The van der Waals surface area contributed by atoms with Crippen molar-refractivity contribution in [1.29, 1.82) is 0 Å². The van der Waals surface area contributed by atoms with Crippen LogP contribution in [0.1, 0.15) is 57.9 Å². The lowest BCUT2D eigenvalue weighted by Gasteiger charge is -2.42. The maximum atomic E-state index is 3.58. The van der Waals surface area contributed by atoms with E-state index < -0.39 is 0 Å². The van der Waals surface area contributed by atoms with Crippen LogP contribution in [0.4, 0.5) is 5.69 Å². The van der Waals surface area contributed by atoms with E-state index in [0.29, 0.717) is 5.41 Å². The number of nitrogens with zero attached hydrogens (tertiary/aromatic N) is 1. The van der Waals surface area contributed by atoms with Crippen molar-refractivity contribution in [2.45, 2.75) is 65.0 Å². The first-order valence-electron chi connectivity index (χ1n) is 8.82. The van der Waals surface area contributed by atoms with Crippen molar-refractivity contribution in [3.63, 3.8) is 0 Å². The van der Waals surface area contributed by atoms with E-state index in [0.717, 1.165) is 12.6 Å². The van der Waals surface area contributed by atoms with Crippen molar-refractivity contribution in [3.05, 3.63) is 29.8 Å². The number of benzene rings is 1. The molecule has 0 bridgehead atoms. The molecule has 2 aliphatic rings. The van der Waals surface area contributed by atoms with Crippen molar-refractivity contribution in [3.8, 4) is 0 Å². The Morgan fingerprint density at radius 2 is 1.67 bits per heavy atom. The lowest BCUT2D eigenvalue weighted by Crippen LogP contribution is -2.39. The summed E-state index contributed by atoms with van der Waals surface area (Å²) in [6.07, 6.45) is 8.10. The van der Waals surface area contributed by atoms with Gasteiger partial charge in [0.2, 0.25) is 0 Å². The van der Waals surface area contributed by atoms with Gasteiger partial charge in [-0.2, -0.15) is 0 Å². The van der Waals surface area contributed by atoms with E-state index in [-0.39, 0.29) is 0 Å². The van der Waals surface area contributed by atoms with Gasteiger partial charge in [0.1, 0.15) is 0 Å². The summed E-state index contributed by atoms with van der Waals surface area (Å²) in [6.45, 7) is 8.20.